The monoisotopic (exact) mass is 193 g/mol. The highest BCUT2D eigenvalue weighted by Gasteiger charge is 2.09. The summed E-state index contributed by atoms with van der Waals surface area (Å²) in [5.41, 5.74) is 5.51. The van der Waals surface area contributed by atoms with Gasteiger partial charge in [-0.1, -0.05) is 6.07 Å². The maximum Gasteiger partial charge on any atom is 0.128 e. The summed E-state index contributed by atoms with van der Waals surface area (Å²) in [5.74, 6) is 1.04. The van der Waals surface area contributed by atoms with Crippen molar-refractivity contribution >= 4 is 5.82 Å². The van der Waals surface area contributed by atoms with Crippen LogP contribution in [0.15, 0.2) is 24.4 Å². The van der Waals surface area contributed by atoms with Gasteiger partial charge in [-0.2, -0.15) is 0 Å². The van der Waals surface area contributed by atoms with E-state index < -0.39 is 0 Å². The fourth-order valence-electron chi connectivity index (χ4n) is 1.42. The van der Waals surface area contributed by atoms with Crippen molar-refractivity contribution in [2.24, 2.45) is 5.73 Å². The third-order valence-corrected chi connectivity index (χ3v) is 2.17. The van der Waals surface area contributed by atoms with E-state index in [-0.39, 0.29) is 0 Å². The van der Waals surface area contributed by atoms with Gasteiger partial charge in [-0.3, -0.25) is 0 Å². The average Bonchev–Trinajstić information content (AvgIpc) is 2.19. The Morgan fingerprint density at radius 3 is 2.71 bits per heavy atom. The van der Waals surface area contributed by atoms with Crippen molar-refractivity contribution in [3.8, 4) is 0 Å². The van der Waals surface area contributed by atoms with Gasteiger partial charge in [0.15, 0.2) is 0 Å². The zero-order valence-corrected chi connectivity index (χ0v) is 8.98. The number of rotatable bonds is 5. The van der Waals surface area contributed by atoms with E-state index in [0.717, 1.165) is 25.3 Å². The molecule has 0 aliphatic carbocycles. The van der Waals surface area contributed by atoms with Gasteiger partial charge in [0.2, 0.25) is 0 Å². The third-order valence-electron chi connectivity index (χ3n) is 2.17. The van der Waals surface area contributed by atoms with Crippen molar-refractivity contribution in [1.29, 1.82) is 0 Å². The first kappa shape index (κ1) is 11.0. The van der Waals surface area contributed by atoms with E-state index in [9.17, 15) is 0 Å². The predicted octanol–water partition coefficient (Wildman–Crippen LogP) is 1.65. The second kappa shape index (κ2) is 5.60. The SMILES string of the molecule is CC(C)N(CCCN)c1ccccn1. The summed E-state index contributed by atoms with van der Waals surface area (Å²) in [7, 11) is 0. The lowest BCUT2D eigenvalue weighted by Gasteiger charge is -2.27. The Morgan fingerprint density at radius 1 is 1.43 bits per heavy atom. The van der Waals surface area contributed by atoms with E-state index in [0.29, 0.717) is 6.04 Å². The molecule has 0 saturated heterocycles. The highest BCUT2D eigenvalue weighted by molar-refractivity contribution is 5.38. The average molecular weight is 193 g/mol. The summed E-state index contributed by atoms with van der Waals surface area (Å²) in [6.07, 6.45) is 2.84. The molecule has 1 aromatic rings. The molecule has 2 N–H and O–H groups in total. The maximum absolute atomic E-state index is 5.51. The molecule has 0 bridgehead atoms. The number of anilines is 1. The van der Waals surface area contributed by atoms with E-state index >= 15 is 0 Å². The summed E-state index contributed by atoms with van der Waals surface area (Å²) in [5, 5.41) is 0. The van der Waals surface area contributed by atoms with E-state index in [4.69, 9.17) is 5.73 Å². The number of pyridine rings is 1. The molecule has 0 fully saturated rings. The molecule has 0 unspecified atom stereocenters. The second-order valence-electron chi connectivity index (χ2n) is 3.62. The molecule has 3 nitrogen and oxygen atoms in total. The smallest absolute Gasteiger partial charge is 0.128 e. The minimum Gasteiger partial charge on any atom is -0.354 e. The highest BCUT2D eigenvalue weighted by Crippen LogP contribution is 2.12. The number of nitrogens with zero attached hydrogens (tertiary/aromatic N) is 2. The van der Waals surface area contributed by atoms with Crippen molar-refractivity contribution in [2.75, 3.05) is 18.0 Å². The Hall–Kier alpha value is -1.09. The Labute approximate surface area is 85.9 Å². The quantitative estimate of drug-likeness (QED) is 0.773. The summed E-state index contributed by atoms with van der Waals surface area (Å²) in [6.45, 7) is 6.05. The fraction of sp³-hybridized carbons (Fsp3) is 0.545. The van der Waals surface area contributed by atoms with Gasteiger partial charge in [0, 0.05) is 18.8 Å². The van der Waals surface area contributed by atoms with Gasteiger partial charge < -0.3 is 10.6 Å². The van der Waals surface area contributed by atoms with Crippen LogP contribution in [0.5, 0.6) is 0 Å². The van der Waals surface area contributed by atoms with Gasteiger partial charge in [-0.05, 0) is 38.9 Å². The number of aromatic nitrogens is 1. The molecule has 1 rings (SSSR count). The number of nitrogens with two attached hydrogens (primary N) is 1. The van der Waals surface area contributed by atoms with Crippen LogP contribution in [0, 0.1) is 0 Å². The Kier molecular flexibility index (Phi) is 4.40. The molecule has 0 saturated carbocycles. The zero-order valence-electron chi connectivity index (χ0n) is 8.98. The van der Waals surface area contributed by atoms with E-state index in [1.165, 1.54) is 0 Å². The van der Waals surface area contributed by atoms with Crippen LogP contribution in [-0.4, -0.2) is 24.1 Å². The van der Waals surface area contributed by atoms with Crippen LogP contribution in [0.4, 0.5) is 5.82 Å². The third kappa shape index (κ3) is 3.00. The molecule has 0 spiro atoms. The highest BCUT2D eigenvalue weighted by atomic mass is 15.2. The lowest BCUT2D eigenvalue weighted by atomic mass is 10.2. The summed E-state index contributed by atoms with van der Waals surface area (Å²) < 4.78 is 0. The van der Waals surface area contributed by atoms with Crippen LogP contribution < -0.4 is 10.6 Å². The van der Waals surface area contributed by atoms with Crippen LogP contribution in [0.1, 0.15) is 20.3 Å². The lowest BCUT2D eigenvalue weighted by Crippen LogP contribution is -2.33. The van der Waals surface area contributed by atoms with Gasteiger partial charge in [-0.25, -0.2) is 4.98 Å². The Bertz CT molecular complexity index is 246. The molecule has 0 aliphatic rings. The van der Waals surface area contributed by atoms with Crippen molar-refractivity contribution in [2.45, 2.75) is 26.3 Å². The summed E-state index contributed by atoms with van der Waals surface area (Å²) in [6, 6.07) is 6.46. The Morgan fingerprint density at radius 2 is 2.21 bits per heavy atom. The molecular formula is C11H19N3. The molecule has 0 aliphatic heterocycles. The zero-order chi connectivity index (χ0) is 10.4. The van der Waals surface area contributed by atoms with Crippen LogP contribution in [0.25, 0.3) is 0 Å². The van der Waals surface area contributed by atoms with Gasteiger partial charge in [0.25, 0.3) is 0 Å². The van der Waals surface area contributed by atoms with Gasteiger partial charge in [0.05, 0.1) is 0 Å². The molecular weight excluding hydrogens is 174 g/mol. The fourth-order valence-corrected chi connectivity index (χ4v) is 1.42. The van der Waals surface area contributed by atoms with Crippen molar-refractivity contribution < 1.29 is 0 Å². The maximum atomic E-state index is 5.51. The molecule has 0 radical (unpaired) electrons. The minimum atomic E-state index is 0.469. The minimum absolute atomic E-state index is 0.469. The van der Waals surface area contributed by atoms with E-state index in [1.807, 2.05) is 24.4 Å². The molecule has 0 atom stereocenters. The largest absolute Gasteiger partial charge is 0.354 e. The van der Waals surface area contributed by atoms with Gasteiger partial charge in [-0.15, -0.1) is 0 Å². The topological polar surface area (TPSA) is 42.1 Å². The Balaban J connectivity index is 2.68. The summed E-state index contributed by atoms with van der Waals surface area (Å²) >= 11 is 0. The molecule has 1 aromatic heterocycles. The first-order valence-corrected chi connectivity index (χ1v) is 5.13. The van der Waals surface area contributed by atoms with Crippen molar-refractivity contribution in [1.82, 2.24) is 4.98 Å². The second-order valence-corrected chi connectivity index (χ2v) is 3.62. The molecule has 78 valence electrons. The van der Waals surface area contributed by atoms with Crippen LogP contribution in [-0.2, 0) is 0 Å². The van der Waals surface area contributed by atoms with Crippen molar-refractivity contribution in [3.63, 3.8) is 0 Å². The van der Waals surface area contributed by atoms with E-state index in [2.05, 4.69) is 23.7 Å². The van der Waals surface area contributed by atoms with Gasteiger partial charge >= 0.3 is 0 Å². The van der Waals surface area contributed by atoms with Crippen LogP contribution >= 0.6 is 0 Å². The number of hydrogen-bond donors (Lipinski definition) is 1. The van der Waals surface area contributed by atoms with E-state index in [1.54, 1.807) is 0 Å². The molecule has 0 amide bonds. The normalized spacial score (nSPS) is 10.6. The lowest BCUT2D eigenvalue weighted by molar-refractivity contribution is 0.649. The number of hydrogen-bond acceptors (Lipinski definition) is 3. The summed E-state index contributed by atoms with van der Waals surface area (Å²) in [4.78, 5) is 6.61. The molecule has 14 heavy (non-hydrogen) atoms. The first-order chi connectivity index (χ1) is 6.75. The van der Waals surface area contributed by atoms with Crippen molar-refractivity contribution in [3.05, 3.63) is 24.4 Å². The molecule has 1 heterocycles. The molecule has 3 heteroatoms. The first-order valence-electron chi connectivity index (χ1n) is 5.13. The molecule has 0 aromatic carbocycles. The van der Waals surface area contributed by atoms with Crippen LogP contribution in [0.3, 0.4) is 0 Å². The van der Waals surface area contributed by atoms with Gasteiger partial charge in [0.1, 0.15) is 5.82 Å². The van der Waals surface area contributed by atoms with Crippen LogP contribution in [0.2, 0.25) is 0 Å². The standard InChI is InChI=1S/C11H19N3/c1-10(2)14(9-5-7-12)11-6-3-4-8-13-11/h3-4,6,8,10H,5,7,9,12H2,1-2H3. The predicted molar refractivity (Wildman–Crippen MR) is 60.4 cm³/mol.